The molecule has 0 atom stereocenters. The smallest absolute Gasteiger partial charge is 0.186 e. The molecule has 2 aromatic carbocycles. The molecule has 0 N–H and O–H groups in total. The van der Waals surface area contributed by atoms with Gasteiger partial charge in [0.05, 0.1) is 14.2 Å². The van der Waals surface area contributed by atoms with E-state index in [4.69, 9.17) is 14.2 Å². The van der Waals surface area contributed by atoms with Gasteiger partial charge in [0.1, 0.15) is 23.9 Å². The van der Waals surface area contributed by atoms with E-state index in [9.17, 15) is 4.79 Å². The summed E-state index contributed by atoms with van der Waals surface area (Å²) in [5.41, 5.74) is 2.45. The molecule has 2 aromatic rings. The van der Waals surface area contributed by atoms with Crippen molar-refractivity contribution in [2.45, 2.75) is 19.8 Å². The molecule has 0 aromatic heterocycles. The zero-order chi connectivity index (χ0) is 19.6. The highest BCUT2D eigenvalue weighted by Crippen LogP contribution is 2.32. The summed E-state index contributed by atoms with van der Waals surface area (Å²) in [4.78, 5) is 12.8. The van der Waals surface area contributed by atoms with Crippen LogP contribution in [0.2, 0.25) is 0 Å². The Morgan fingerprint density at radius 1 is 1.04 bits per heavy atom. The second-order valence-corrected chi connectivity index (χ2v) is 5.97. The highest BCUT2D eigenvalue weighted by Gasteiger charge is 2.12. The predicted octanol–water partition coefficient (Wildman–Crippen LogP) is 5.34. The number of methoxy groups -OCH3 is 2. The SMILES string of the molecule is C=CCOc1ccc(C(=O)C=C(CCC)c2ccc(OC)cc2OC)cc1. The Balaban J connectivity index is 2.31. The topological polar surface area (TPSA) is 44.8 Å². The predicted molar refractivity (Wildman–Crippen MR) is 109 cm³/mol. The Morgan fingerprint density at radius 2 is 1.74 bits per heavy atom. The summed E-state index contributed by atoms with van der Waals surface area (Å²) in [6.45, 7) is 6.14. The molecule has 2 rings (SSSR count). The van der Waals surface area contributed by atoms with Gasteiger partial charge in [0, 0.05) is 17.2 Å². The minimum absolute atomic E-state index is 0.0495. The maximum absolute atomic E-state index is 12.8. The van der Waals surface area contributed by atoms with Gasteiger partial charge in [-0.25, -0.2) is 0 Å². The molecule has 0 aliphatic rings. The maximum Gasteiger partial charge on any atom is 0.186 e. The molecule has 4 nitrogen and oxygen atoms in total. The van der Waals surface area contributed by atoms with E-state index in [1.807, 2.05) is 18.2 Å². The van der Waals surface area contributed by atoms with Crippen molar-refractivity contribution >= 4 is 11.4 Å². The average molecular weight is 366 g/mol. The number of ether oxygens (including phenoxy) is 3. The molecule has 0 saturated carbocycles. The first kappa shape index (κ1) is 20.3. The van der Waals surface area contributed by atoms with Gasteiger partial charge in [-0.05, 0) is 54.5 Å². The fourth-order valence-electron chi connectivity index (χ4n) is 2.73. The molecule has 0 bridgehead atoms. The first-order valence-electron chi connectivity index (χ1n) is 8.94. The highest BCUT2D eigenvalue weighted by atomic mass is 16.5. The van der Waals surface area contributed by atoms with Crippen molar-refractivity contribution in [2.75, 3.05) is 20.8 Å². The Kier molecular flexibility index (Phi) is 7.68. The third-order valence-electron chi connectivity index (χ3n) is 4.09. The molecular formula is C23H26O4. The first-order valence-corrected chi connectivity index (χ1v) is 8.94. The van der Waals surface area contributed by atoms with E-state index in [0.717, 1.165) is 24.0 Å². The van der Waals surface area contributed by atoms with Gasteiger partial charge in [-0.2, -0.15) is 0 Å². The zero-order valence-electron chi connectivity index (χ0n) is 16.2. The fourth-order valence-corrected chi connectivity index (χ4v) is 2.73. The van der Waals surface area contributed by atoms with Gasteiger partial charge in [0.25, 0.3) is 0 Å². The van der Waals surface area contributed by atoms with E-state index in [-0.39, 0.29) is 5.78 Å². The number of carbonyl (C=O) groups is 1. The molecule has 0 unspecified atom stereocenters. The zero-order valence-corrected chi connectivity index (χ0v) is 16.2. The van der Waals surface area contributed by atoms with Crippen molar-refractivity contribution in [1.29, 1.82) is 0 Å². The first-order chi connectivity index (χ1) is 13.1. The number of hydrogen-bond acceptors (Lipinski definition) is 4. The quantitative estimate of drug-likeness (QED) is 0.324. The number of rotatable bonds is 10. The number of benzene rings is 2. The van der Waals surface area contributed by atoms with Crippen LogP contribution in [0.4, 0.5) is 0 Å². The molecule has 0 fully saturated rings. The van der Waals surface area contributed by atoms with Gasteiger partial charge in [-0.1, -0.05) is 26.0 Å². The van der Waals surface area contributed by atoms with Gasteiger partial charge < -0.3 is 14.2 Å². The number of carbonyl (C=O) groups excluding carboxylic acids is 1. The normalized spacial score (nSPS) is 11.0. The van der Waals surface area contributed by atoms with E-state index < -0.39 is 0 Å². The summed E-state index contributed by atoms with van der Waals surface area (Å²) in [6.07, 6.45) is 5.06. The van der Waals surface area contributed by atoms with E-state index in [2.05, 4.69) is 13.5 Å². The highest BCUT2D eigenvalue weighted by molar-refractivity contribution is 6.08. The molecule has 0 heterocycles. The largest absolute Gasteiger partial charge is 0.497 e. The molecular weight excluding hydrogens is 340 g/mol. The van der Waals surface area contributed by atoms with Crippen molar-refractivity contribution in [2.24, 2.45) is 0 Å². The Labute approximate surface area is 161 Å². The van der Waals surface area contributed by atoms with Gasteiger partial charge in [-0.3, -0.25) is 4.79 Å². The Hall–Kier alpha value is -3.01. The average Bonchev–Trinajstić information content (AvgIpc) is 2.71. The van der Waals surface area contributed by atoms with Crippen LogP contribution >= 0.6 is 0 Å². The molecule has 142 valence electrons. The van der Waals surface area contributed by atoms with Crippen LogP contribution in [0.15, 0.2) is 61.2 Å². The van der Waals surface area contributed by atoms with Crippen LogP contribution in [0.25, 0.3) is 5.57 Å². The lowest BCUT2D eigenvalue weighted by Gasteiger charge is -2.13. The van der Waals surface area contributed by atoms with E-state index in [1.54, 1.807) is 50.6 Å². The van der Waals surface area contributed by atoms with Gasteiger partial charge in [0.15, 0.2) is 5.78 Å². The van der Waals surface area contributed by atoms with Crippen molar-refractivity contribution in [1.82, 2.24) is 0 Å². The molecule has 0 aliphatic heterocycles. The van der Waals surface area contributed by atoms with Crippen LogP contribution in [-0.2, 0) is 0 Å². The molecule has 4 heteroatoms. The van der Waals surface area contributed by atoms with Crippen molar-refractivity contribution in [3.05, 3.63) is 72.3 Å². The Morgan fingerprint density at radius 3 is 2.33 bits per heavy atom. The van der Waals surface area contributed by atoms with Crippen molar-refractivity contribution < 1.29 is 19.0 Å². The van der Waals surface area contributed by atoms with Crippen LogP contribution in [-0.4, -0.2) is 26.6 Å². The van der Waals surface area contributed by atoms with Crippen LogP contribution in [0, 0.1) is 0 Å². The summed E-state index contributed by atoms with van der Waals surface area (Å²) >= 11 is 0. The van der Waals surface area contributed by atoms with Gasteiger partial charge >= 0.3 is 0 Å². The lowest BCUT2D eigenvalue weighted by molar-refractivity contribution is 0.104. The summed E-state index contributed by atoms with van der Waals surface area (Å²) in [5.74, 6) is 2.07. The summed E-state index contributed by atoms with van der Waals surface area (Å²) in [6, 6.07) is 12.7. The second-order valence-electron chi connectivity index (χ2n) is 5.97. The van der Waals surface area contributed by atoms with Crippen molar-refractivity contribution in [3.63, 3.8) is 0 Å². The van der Waals surface area contributed by atoms with Crippen molar-refractivity contribution in [3.8, 4) is 17.2 Å². The second kappa shape index (κ2) is 10.2. The summed E-state index contributed by atoms with van der Waals surface area (Å²) in [5, 5.41) is 0. The lowest BCUT2D eigenvalue weighted by atomic mass is 9.97. The van der Waals surface area contributed by atoms with Crippen LogP contribution in [0.1, 0.15) is 35.7 Å². The molecule has 0 aliphatic carbocycles. The minimum Gasteiger partial charge on any atom is -0.497 e. The monoisotopic (exact) mass is 366 g/mol. The van der Waals surface area contributed by atoms with Gasteiger partial charge in [-0.15, -0.1) is 0 Å². The standard InChI is InChI=1S/C23H26O4/c1-5-7-18(21-13-12-20(25-3)16-23(21)26-4)15-22(24)17-8-10-19(11-9-17)27-14-6-2/h6,8-13,15-16H,2,5,7,14H2,1,3-4H3. The number of ketones is 1. The number of allylic oxidation sites excluding steroid dienone is 2. The third-order valence-corrected chi connectivity index (χ3v) is 4.09. The third kappa shape index (κ3) is 5.48. The lowest BCUT2D eigenvalue weighted by Crippen LogP contribution is -2.00. The summed E-state index contributed by atoms with van der Waals surface area (Å²) in [7, 11) is 3.23. The van der Waals surface area contributed by atoms with Crippen LogP contribution in [0.3, 0.4) is 0 Å². The Bertz CT molecular complexity index is 804. The van der Waals surface area contributed by atoms with Crippen LogP contribution < -0.4 is 14.2 Å². The fraction of sp³-hybridized carbons (Fsp3) is 0.261. The summed E-state index contributed by atoms with van der Waals surface area (Å²) < 4.78 is 16.2. The molecule has 0 amide bonds. The van der Waals surface area contributed by atoms with E-state index in [1.165, 1.54) is 0 Å². The van der Waals surface area contributed by atoms with E-state index in [0.29, 0.717) is 29.4 Å². The molecule has 27 heavy (non-hydrogen) atoms. The number of hydrogen-bond donors (Lipinski definition) is 0. The van der Waals surface area contributed by atoms with Crippen LogP contribution in [0.5, 0.6) is 17.2 Å². The molecule has 0 saturated heterocycles. The van der Waals surface area contributed by atoms with Gasteiger partial charge in [0.2, 0.25) is 0 Å². The minimum atomic E-state index is -0.0495. The van der Waals surface area contributed by atoms with E-state index >= 15 is 0 Å². The maximum atomic E-state index is 12.8. The molecule has 0 spiro atoms. The molecule has 0 radical (unpaired) electrons.